The molecule has 2 aromatic heterocycles. The lowest BCUT2D eigenvalue weighted by molar-refractivity contribution is 0.0922. The number of para-hydroxylation sites is 1. The highest BCUT2D eigenvalue weighted by atomic mass is 32.2. The van der Waals surface area contributed by atoms with Crippen molar-refractivity contribution >= 4 is 40.0 Å². The zero-order valence-corrected chi connectivity index (χ0v) is 15.1. The van der Waals surface area contributed by atoms with Gasteiger partial charge in [-0.05, 0) is 30.0 Å². The molecule has 0 spiro atoms. The van der Waals surface area contributed by atoms with E-state index in [1.54, 1.807) is 23.1 Å². The zero-order valence-electron chi connectivity index (χ0n) is 13.5. The molecule has 0 aliphatic rings. The van der Waals surface area contributed by atoms with Gasteiger partial charge in [0.2, 0.25) is 0 Å². The van der Waals surface area contributed by atoms with E-state index >= 15 is 0 Å². The average molecular weight is 361 g/mol. The van der Waals surface area contributed by atoms with Crippen LogP contribution >= 0.6 is 23.1 Å². The summed E-state index contributed by atoms with van der Waals surface area (Å²) >= 11 is 3.42. The quantitative estimate of drug-likeness (QED) is 0.622. The summed E-state index contributed by atoms with van der Waals surface area (Å²) in [6.45, 7) is 3.10. The molecule has 1 atom stereocenters. The second-order valence-corrected chi connectivity index (χ2v) is 7.90. The van der Waals surface area contributed by atoms with E-state index in [-0.39, 0.29) is 11.8 Å². The first kappa shape index (κ1) is 17.1. The molecule has 0 saturated carbocycles. The first-order valence-electron chi connectivity index (χ1n) is 7.84. The molecule has 1 aromatic carbocycles. The van der Waals surface area contributed by atoms with E-state index in [2.05, 4.69) is 16.8 Å². The van der Waals surface area contributed by atoms with Crippen LogP contribution in [0, 0.1) is 5.92 Å². The molecule has 6 heteroatoms. The van der Waals surface area contributed by atoms with Crippen LogP contribution in [0.4, 0.5) is 0 Å². The number of benzene rings is 1. The Morgan fingerprint density at radius 3 is 2.92 bits per heavy atom. The SMILES string of the molecule is CC(CN)CNC(=O)c1oc2ccccc2c1CSc1cccs1. The largest absolute Gasteiger partial charge is 0.451 e. The summed E-state index contributed by atoms with van der Waals surface area (Å²) in [4.78, 5) is 12.6. The van der Waals surface area contributed by atoms with Crippen molar-refractivity contribution in [2.75, 3.05) is 13.1 Å². The van der Waals surface area contributed by atoms with Crippen molar-refractivity contribution < 1.29 is 9.21 Å². The summed E-state index contributed by atoms with van der Waals surface area (Å²) in [6, 6.07) is 11.9. The molecular formula is C18H20N2O2S2. The molecule has 0 aliphatic heterocycles. The monoisotopic (exact) mass is 360 g/mol. The highest BCUT2D eigenvalue weighted by Gasteiger charge is 2.20. The van der Waals surface area contributed by atoms with Crippen LogP contribution in [0.3, 0.4) is 0 Å². The van der Waals surface area contributed by atoms with Crippen molar-refractivity contribution in [3.63, 3.8) is 0 Å². The van der Waals surface area contributed by atoms with E-state index < -0.39 is 0 Å². The van der Waals surface area contributed by atoms with Crippen LogP contribution in [0.25, 0.3) is 11.0 Å². The molecule has 1 unspecified atom stereocenters. The van der Waals surface area contributed by atoms with Gasteiger partial charge in [0.05, 0.1) is 4.21 Å². The molecule has 4 nitrogen and oxygen atoms in total. The van der Waals surface area contributed by atoms with Crippen LogP contribution in [0.1, 0.15) is 23.0 Å². The molecule has 3 N–H and O–H groups in total. The number of nitrogens with two attached hydrogens (primary N) is 1. The minimum absolute atomic E-state index is 0.173. The maximum Gasteiger partial charge on any atom is 0.287 e. The Morgan fingerprint density at radius 1 is 1.33 bits per heavy atom. The first-order valence-corrected chi connectivity index (χ1v) is 9.70. The number of thioether (sulfide) groups is 1. The molecule has 3 rings (SSSR count). The Bertz CT molecular complexity index is 812. The van der Waals surface area contributed by atoms with E-state index in [0.29, 0.717) is 24.6 Å². The summed E-state index contributed by atoms with van der Waals surface area (Å²) in [6.07, 6.45) is 0. The highest BCUT2D eigenvalue weighted by molar-refractivity contribution is 8.00. The number of amides is 1. The Morgan fingerprint density at radius 2 is 2.17 bits per heavy atom. The van der Waals surface area contributed by atoms with Crippen LogP contribution in [-0.2, 0) is 5.75 Å². The van der Waals surface area contributed by atoms with Crippen LogP contribution in [0.5, 0.6) is 0 Å². The summed E-state index contributed by atoms with van der Waals surface area (Å²) in [5, 5.41) is 5.98. The van der Waals surface area contributed by atoms with Crippen molar-refractivity contribution in [3.05, 3.63) is 53.1 Å². The van der Waals surface area contributed by atoms with Crippen molar-refractivity contribution in [1.29, 1.82) is 0 Å². The molecule has 24 heavy (non-hydrogen) atoms. The molecule has 0 fully saturated rings. The maximum atomic E-state index is 12.6. The number of hydrogen-bond donors (Lipinski definition) is 2. The zero-order chi connectivity index (χ0) is 16.9. The van der Waals surface area contributed by atoms with Gasteiger partial charge in [0, 0.05) is 23.2 Å². The van der Waals surface area contributed by atoms with E-state index in [4.69, 9.17) is 10.2 Å². The summed E-state index contributed by atoms with van der Waals surface area (Å²) in [5.41, 5.74) is 7.31. The number of furan rings is 1. The van der Waals surface area contributed by atoms with E-state index in [0.717, 1.165) is 16.5 Å². The van der Waals surface area contributed by atoms with Gasteiger partial charge >= 0.3 is 0 Å². The minimum atomic E-state index is -0.173. The second-order valence-electron chi connectivity index (χ2n) is 5.68. The van der Waals surface area contributed by atoms with Gasteiger partial charge in [-0.1, -0.05) is 31.2 Å². The minimum Gasteiger partial charge on any atom is -0.451 e. The molecule has 0 radical (unpaired) electrons. The lowest BCUT2D eigenvalue weighted by Crippen LogP contribution is -2.31. The van der Waals surface area contributed by atoms with Gasteiger partial charge in [-0.3, -0.25) is 4.79 Å². The number of nitrogens with one attached hydrogen (secondary N) is 1. The van der Waals surface area contributed by atoms with Gasteiger partial charge < -0.3 is 15.5 Å². The van der Waals surface area contributed by atoms with Crippen LogP contribution in [0.2, 0.25) is 0 Å². The van der Waals surface area contributed by atoms with Crippen molar-refractivity contribution in [2.45, 2.75) is 16.9 Å². The Balaban J connectivity index is 1.85. The average Bonchev–Trinajstić information content (AvgIpc) is 3.24. The molecule has 2 heterocycles. The lowest BCUT2D eigenvalue weighted by atomic mass is 10.1. The maximum absolute atomic E-state index is 12.6. The predicted molar refractivity (Wildman–Crippen MR) is 101 cm³/mol. The van der Waals surface area contributed by atoms with Crippen LogP contribution in [-0.4, -0.2) is 19.0 Å². The molecule has 3 aromatic rings. The summed E-state index contributed by atoms with van der Waals surface area (Å²) < 4.78 is 7.07. The van der Waals surface area contributed by atoms with E-state index in [9.17, 15) is 4.79 Å². The molecule has 0 saturated heterocycles. The second kappa shape index (κ2) is 7.88. The molecule has 1 amide bonds. The predicted octanol–water partition coefficient (Wildman–Crippen LogP) is 4.11. The van der Waals surface area contributed by atoms with Crippen molar-refractivity contribution in [3.8, 4) is 0 Å². The highest BCUT2D eigenvalue weighted by Crippen LogP contribution is 2.33. The van der Waals surface area contributed by atoms with Crippen molar-refractivity contribution in [2.24, 2.45) is 11.7 Å². The summed E-state index contributed by atoms with van der Waals surface area (Å²) in [5.74, 6) is 1.17. The fourth-order valence-electron chi connectivity index (χ4n) is 2.34. The topological polar surface area (TPSA) is 68.3 Å². The number of thiophene rings is 1. The number of rotatable bonds is 7. The van der Waals surface area contributed by atoms with Gasteiger partial charge in [-0.25, -0.2) is 0 Å². The van der Waals surface area contributed by atoms with Crippen LogP contribution in [0.15, 0.2) is 50.4 Å². The summed E-state index contributed by atoms with van der Waals surface area (Å²) in [7, 11) is 0. The Kier molecular flexibility index (Phi) is 5.60. The fourth-order valence-corrected chi connectivity index (χ4v) is 4.16. The molecule has 0 bridgehead atoms. The fraction of sp³-hybridized carbons (Fsp3) is 0.278. The normalized spacial score (nSPS) is 12.4. The molecular weight excluding hydrogens is 340 g/mol. The standard InChI is InChI=1S/C18H20N2O2S2/c1-12(9-19)10-20-18(21)17-14(11-24-16-7-4-8-23-16)13-5-2-3-6-15(13)22-17/h2-8,12H,9-11,19H2,1H3,(H,20,21). The van der Waals surface area contributed by atoms with Gasteiger partial charge in [0.15, 0.2) is 5.76 Å². The molecule has 126 valence electrons. The number of carbonyl (C=O) groups excluding carboxylic acids is 1. The number of fused-ring (bicyclic) bond motifs is 1. The van der Waals surface area contributed by atoms with Crippen LogP contribution < -0.4 is 11.1 Å². The van der Waals surface area contributed by atoms with E-state index in [1.165, 1.54) is 4.21 Å². The molecule has 0 aliphatic carbocycles. The number of hydrogen-bond acceptors (Lipinski definition) is 5. The number of carbonyl (C=O) groups is 1. The van der Waals surface area contributed by atoms with Crippen molar-refractivity contribution in [1.82, 2.24) is 5.32 Å². The van der Waals surface area contributed by atoms with Gasteiger partial charge in [0.1, 0.15) is 5.58 Å². The third-order valence-electron chi connectivity index (χ3n) is 3.77. The first-order chi connectivity index (χ1) is 11.7. The van der Waals surface area contributed by atoms with Gasteiger partial charge in [-0.15, -0.1) is 23.1 Å². The van der Waals surface area contributed by atoms with Gasteiger partial charge in [0.25, 0.3) is 5.91 Å². The smallest absolute Gasteiger partial charge is 0.287 e. The Hall–Kier alpha value is -1.76. The third-order valence-corrected chi connectivity index (χ3v) is 5.93. The lowest BCUT2D eigenvalue weighted by Gasteiger charge is -2.09. The third kappa shape index (κ3) is 3.83. The van der Waals surface area contributed by atoms with E-state index in [1.807, 2.05) is 37.3 Å². The van der Waals surface area contributed by atoms with Gasteiger partial charge in [-0.2, -0.15) is 0 Å². The Labute approximate surface area is 149 Å².